The molecule has 1 aromatic carbocycles. The van der Waals surface area contributed by atoms with Crippen LogP contribution in [0.1, 0.15) is 27.7 Å². The molecule has 0 fully saturated rings. The van der Waals surface area contributed by atoms with Crippen molar-refractivity contribution < 1.29 is 4.74 Å². The predicted octanol–water partition coefficient (Wildman–Crippen LogP) is 4.64. The highest BCUT2D eigenvalue weighted by atomic mass is 35.5. The molecule has 0 saturated carbocycles. The summed E-state index contributed by atoms with van der Waals surface area (Å²) in [5.74, 6) is 1.68. The molecule has 1 aromatic rings. The van der Waals surface area contributed by atoms with Gasteiger partial charge in [0.1, 0.15) is 16.9 Å². The lowest BCUT2D eigenvalue weighted by atomic mass is 10.1. The van der Waals surface area contributed by atoms with Gasteiger partial charge in [-0.15, -0.1) is 0 Å². The number of hydrogen-bond acceptors (Lipinski definition) is 2. The number of halogens is 2. The lowest BCUT2D eigenvalue weighted by molar-refractivity contribution is 0.148. The molecule has 1 unspecified atom stereocenters. The fourth-order valence-electron chi connectivity index (χ4n) is 1.67. The minimum absolute atomic E-state index is 0.0784. The molecule has 0 aliphatic heterocycles. The van der Waals surface area contributed by atoms with Crippen LogP contribution in [-0.2, 0) is 0 Å². The molecular formula is C15H23Cl2NO. The molecular weight excluding hydrogens is 281 g/mol. The van der Waals surface area contributed by atoms with Crippen molar-refractivity contribution >= 4 is 23.2 Å². The molecule has 0 spiro atoms. The van der Waals surface area contributed by atoms with Crippen LogP contribution in [0.4, 0.5) is 0 Å². The molecule has 0 radical (unpaired) electrons. The first kappa shape index (κ1) is 16.6. The molecule has 0 amide bonds. The topological polar surface area (TPSA) is 21.3 Å². The van der Waals surface area contributed by atoms with Gasteiger partial charge in [-0.3, -0.25) is 0 Å². The van der Waals surface area contributed by atoms with E-state index in [4.69, 9.17) is 27.9 Å². The van der Waals surface area contributed by atoms with E-state index in [1.165, 1.54) is 0 Å². The third kappa shape index (κ3) is 5.60. The third-order valence-corrected chi connectivity index (χ3v) is 3.64. The summed E-state index contributed by atoms with van der Waals surface area (Å²) in [6.07, 6.45) is 0.0784. The van der Waals surface area contributed by atoms with Crippen LogP contribution in [0.25, 0.3) is 0 Å². The van der Waals surface area contributed by atoms with E-state index in [2.05, 4.69) is 33.0 Å². The molecule has 0 saturated heterocycles. The highest BCUT2D eigenvalue weighted by Crippen LogP contribution is 2.32. The second kappa shape index (κ2) is 7.98. The van der Waals surface area contributed by atoms with Crippen molar-refractivity contribution in [1.82, 2.24) is 5.32 Å². The van der Waals surface area contributed by atoms with E-state index < -0.39 is 0 Å². The van der Waals surface area contributed by atoms with E-state index in [0.29, 0.717) is 27.6 Å². The van der Waals surface area contributed by atoms with Crippen molar-refractivity contribution in [3.8, 4) is 5.75 Å². The Labute approximate surface area is 126 Å². The SMILES string of the molecule is CC(C)CNCC(Oc1cccc(Cl)c1Cl)C(C)C. The zero-order chi connectivity index (χ0) is 14.4. The molecule has 0 aromatic heterocycles. The number of hydrogen-bond donors (Lipinski definition) is 1. The molecule has 2 nitrogen and oxygen atoms in total. The summed E-state index contributed by atoms with van der Waals surface area (Å²) in [6.45, 7) is 10.4. The van der Waals surface area contributed by atoms with Gasteiger partial charge >= 0.3 is 0 Å². The second-order valence-electron chi connectivity index (χ2n) is 5.50. The molecule has 0 bridgehead atoms. The fraction of sp³-hybridized carbons (Fsp3) is 0.600. The van der Waals surface area contributed by atoms with Crippen LogP contribution in [0.15, 0.2) is 18.2 Å². The van der Waals surface area contributed by atoms with Crippen LogP contribution < -0.4 is 10.1 Å². The van der Waals surface area contributed by atoms with E-state index >= 15 is 0 Å². The Bertz CT molecular complexity index is 394. The van der Waals surface area contributed by atoms with E-state index in [9.17, 15) is 0 Å². The van der Waals surface area contributed by atoms with Crippen molar-refractivity contribution in [3.63, 3.8) is 0 Å². The van der Waals surface area contributed by atoms with Crippen molar-refractivity contribution in [2.24, 2.45) is 11.8 Å². The molecule has 0 heterocycles. The summed E-state index contributed by atoms with van der Waals surface area (Å²) >= 11 is 12.1. The Balaban J connectivity index is 2.65. The maximum atomic E-state index is 6.15. The molecule has 19 heavy (non-hydrogen) atoms. The second-order valence-corrected chi connectivity index (χ2v) is 6.29. The minimum Gasteiger partial charge on any atom is -0.487 e. The average Bonchev–Trinajstić information content (AvgIpc) is 2.32. The quantitative estimate of drug-likeness (QED) is 0.792. The Kier molecular flexibility index (Phi) is 6.98. The summed E-state index contributed by atoms with van der Waals surface area (Å²) < 4.78 is 5.99. The van der Waals surface area contributed by atoms with Crippen LogP contribution in [0, 0.1) is 11.8 Å². The predicted molar refractivity (Wildman–Crippen MR) is 83.4 cm³/mol. The van der Waals surface area contributed by atoms with Crippen molar-refractivity contribution in [3.05, 3.63) is 28.2 Å². The molecule has 0 aliphatic rings. The molecule has 1 N–H and O–H groups in total. The van der Waals surface area contributed by atoms with Gasteiger partial charge < -0.3 is 10.1 Å². The van der Waals surface area contributed by atoms with Crippen LogP contribution in [0.5, 0.6) is 5.75 Å². The molecule has 0 aliphatic carbocycles. The highest BCUT2D eigenvalue weighted by molar-refractivity contribution is 6.42. The van der Waals surface area contributed by atoms with Crippen LogP contribution in [0.2, 0.25) is 10.0 Å². The van der Waals surface area contributed by atoms with E-state index in [1.807, 2.05) is 12.1 Å². The summed E-state index contributed by atoms with van der Waals surface area (Å²) in [5.41, 5.74) is 0. The van der Waals surface area contributed by atoms with Gasteiger partial charge in [-0.2, -0.15) is 0 Å². The zero-order valence-corrected chi connectivity index (χ0v) is 13.6. The summed E-state index contributed by atoms with van der Waals surface area (Å²) in [6, 6.07) is 5.46. The largest absolute Gasteiger partial charge is 0.487 e. The normalized spacial score (nSPS) is 13.1. The smallest absolute Gasteiger partial charge is 0.139 e. The monoisotopic (exact) mass is 303 g/mol. The molecule has 108 valence electrons. The minimum atomic E-state index is 0.0784. The number of nitrogens with one attached hydrogen (secondary N) is 1. The number of benzene rings is 1. The lowest BCUT2D eigenvalue weighted by Gasteiger charge is -2.24. The first-order valence-electron chi connectivity index (χ1n) is 6.73. The van der Waals surface area contributed by atoms with Gasteiger partial charge in [-0.25, -0.2) is 0 Å². The van der Waals surface area contributed by atoms with Gasteiger partial charge in [0.25, 0.3) is 0 Å². The average molecular weight is 304 g/mol. The van der Waals surface area contributed by atoms with Gasteiger partial charge in [0, 0.05) is 6.54 Å². The van der Waals surface area contributed by atoms with Crippen molar-refractivity contribution in [2.45, 2.75) is 33.8 Å². The maximum Gasteiger partial charge on any atom is 0.139 e. The van der Waals surface area contributed by atoms with E-state index in [-0.39, 0.29) is 6.10 Å². The first-order valence-corrected chi connectivity index (χ1v) is 7.48. The van der Waals surface area contributed by atoms with E-state index in [1.54, 1.807) is 6.07 Å². The standard InChI is InChI=1S/C15H23Cl2NO/c1-10(2)8-18-9-14(11(3)4)19-13-7-5-6-12(16)15(13)17/h5-7,10-11,14,18H,8-9H2,1-4H3. The van der Waals surface area contributed by atoms with Gasteiger partial charge in [0.05, 0.1) is 5.02 Å². The first-order chi connectivity index (χ1) is 8.91. The van der Waals surface area contributed by atoms with Gasteiger partial charge in [0.15, 0.2) is 0 Å². The summed E-state index contributed by atoms with van der Waals surface area (Å²) in [7, 11) is 0. The fourth-order valence-corrected chi connectivity index (χ4v) is 2.00. The van der Waals surface area contributed by atoms with Crippen molar-refractivity contribution in [1.29, 1.82) is 0 Å². The summed E-state index contributed by atoms with van der Waals surface area (Å²) in [4.78, 5) is 0. The Morgan fingerprint density at radius 2 is 1.79 bits per heavy atom. The zero-order valence-electron chi connectivity index (χ0n) is 12.0. The Morgan fingerprint density at radius 3 is 2.37 bits per heavy atom. The van der Waals surface area contributed by atoms with Crippen LogP contribution in [0.3, 0.4) is 0 Å². The van der Waals surface area contributed by atoms with Gasteiger partial charge in [0.2, 0.25) is 0 Å². The Hall–Kier alpha value is -0.440. The molecule has 1 rings (SSSR count). The third-order valence-electron chi connectivity index (χ3n) is 2.84. The number of rotatable bonds is 7. The van der Waals surface area contributed by atoms with Crippen LogP contribution in [-0.4, -0.2) is 19.2 Å². The van der Waals surface area contributed by atoms with Gasteiger partial charge in [-0.1, -0.05) is 57.0 Å². The van der Waals surface area contributed by atoms with Gasteiger partial charge in [-0.05, 0) is 30.5 Å². The highest BCUT2D eigenvalue weighted by Gasteiger charge is 2.17. The Morgan fingerprint density at radius 1 is 1.11 bits per heavy atom. The van der Waals surface area contributed by atoms with E-state index in [0.717, 1.165) is 13.1 Å². The van der Waals surface area contributed by atoms with Crippen molar-refractivity contribution in [2.75, 3.05) is 13.1 Å². The molecule has 4 heteroatoms. The molecule has 1 atom stereocenters. The summed E-state index contributed by atoms with van der Waals surface area (Å²) in [5, 5.41) is 4.43. The number of ether oxygens (including phenoxy) is 1. The lowest BCUT2D eigenvalue weighted by Crippen LogP contribution is -2.37. The van der Waals surface area contributed by atoms with Crippen LogP contribution >= 0.6 is 23.2 Å². The maximum absolute atomic E-state index is 6.15.